The fourth-order valence-corrected chi connectivity index (χ4v) is 2.46. The van der Waals surface area contributed by atoms with E-state index in [0.717, 1.165) is 0 Å². The Hall–Kier alpha value is -1.83. The van der Waals surface area contributed by atoms with E-state index in [1.165, 1.54) is 4.90 Å². The van der Waals surface area contributed by atoms with Crippen LogP contribution in [-0.4, -0.2) is 63.9 Å². The second-order valence-corrected chi connectivity index (χ2v) is 6.64. The van der Waals surface area contributed by atoms with Crippen LogP contribution >= 0.6 is 0 Å². The lowest BCUT2D eigenvalue weighted by molar-refractivity contribution is -0.173. The number of likely N-dealkylation sites (tertiary alicyclic amines) is 1. The Morgan fingerprint density at radius 3 is 2.50 bits per heavy atom. The largest absolute Gasteiger partial charge is 0.444 e. The summed E-state index contributed by atoms with van der Waals surface area (Å²) in [5.74, 6) is -0.895. The average Bonchev–Trinajstić information content (AvgIpc) is 2.31. The third kappa shape index (κ3) is 3.68. The normalized spacial score (nSPS) is 25.5. The summed E-state index contributed by atoms with van der Waals surface area (Å²) >= 11 is 0. The molecule has 2 atom stereocenters. The van der Waals surface area contributed by atoms with Crippen LogP contribution in [0.1, 0.15) is 40.0 Å². The molecule has 2 N–H and O–H groups in total. The zero-order chi connectivity index (χ0) is 16.5. The Balaban J connectivity index is 1.90. The smallest absolute Gasteiger partial charge is 0.410 e. The van der Waals surface area contributed by atoms with E-state index < -0.39 is 29.7 Å². The van der Waals surface area contributed by atoms with Gasteiger partial charge in [-0.3, -0.25) is 19.7 Å². The zero-order valence-corrected chi connectivity index (χ0v) is 13.2. The highest BCUT2D eigenvalue weighted by Gasteiger charge is 2.41. The van der Waals surface area contributed by atoms with Crippen LogP contribution in [0.15, 0.2) is 0 Å². The molecule has 0 aliphatic carbocycles. The quantitative estimate of drug-likeness (QED) is 0.723. The number of nitrogens with zero attached hydrogens (tertiary/aromatic N) is 2. The molecule has 2 aliphatic rings. The van der Waals surface area contributed by atoms with Crippen molar-refractivity contribution in [3.05, 3.63) is 0 Å². The minimum atomic E-state index is -0.729. The number of piperidine rings is 1. The van der Waals surface area contributed by atoms with Gasteiger partial charge in [0.25, 0.3) is 5.91 Å². The second-order valence-electron chi connectivity index (χ2n) is 6.64. The van der Waals surface area contributed by atoms with E-state index in [1.807, 2.05) is 0 Å². The Morgan fingerprint density at radius 2 is 1.95 bits per heavy atom. The number of nitrogens with one attached hydrogen (secondary N) is 1. The minimum Gasteiger partial charge on any atom is -0.444 e. The van der Waals surface area contributed by atoms with E-state index >= 15 is 0 Å². The summed E-state index contributed by atoms with van der Waals surface area (Å²) in [5, 5.41) is 12.6. The van der Waals surface area contributed by atoms with Gasteiger partial charge in [-0.2, -0.15) is 0 Å². The SMILES string of the molecule is CC(C)(C)OC(=O)N1CC[C@@H]1C(=O)N[C@@H]1CCCN(O)C1=O. The molecule has 0 saturated carbocycles. The van der Waals surface area contributed by atoms with E-state index in [4.69, 9.17) is 4.74 Å². The molecule has 8 heteroatoms. The van der Waals surface area contributed by atoms with Gasteiger partial charge in [0.05, 0.1) is 0 Å². The summed E-state index contributed by atoms with van der Waals surface area (Å²) in [7, 11) is 0. The molecular formula is C14H23N3O5. The highest BCUT2D eigenvalue weighted by atomic mass is 16.6. The molecule has 124 valence electrons. The maximum absolute atomic E-state index is 12.2. The van der Waals surface area contributed by atoms with Crippen molar-refractivity contribution < 1.29 is 24.3 Å². The molecule has 0 radical (unpaired) electrons. The van der Waals surface area contributed by atoms with Gasteiger partial charge in [-0.1, -0.05) is 0 Å². The molecule has 0 bridgehead atoms. The predicted molar refractivity (Wildman–Crippen MR) is 76.0 cm³/mol. The number of carbonyl (C=O) groups excluding carboxylic acids is 3. The van der Waals surface area contributed by atoms with Crippen molar-refractivity contribution in [2.24, 2.45) is 0 Å². The molecule has 22 heavy (non-hydrogen) atoms. The minimum absolute atomic E-state index is 0.276. The Kier molecular flexibility index (Phi) is 4.60. The molecule has 8 nitrogen and oxygen atoms in total. The topological polar surface area (TPSA) is 99.2 Å². The van der Waals surface area contributed by atoms with Crippen LogP contribution in [0.25, 0.3) is 0 Å². The van der Waals surface area contributed by atoms with Gasteiger partial charge in [0.15, 0.2) is 0 Å². The van der Waals surface area contributed by atoms with Gasteiger partial charge in [-0.15, -0.1) is 0 Å². The molecule has 2 saturated heterocycles. The molecule has 2 rings (SSSR count). The van der Waals surface area contributed by atoms with Gasteiger partial charge in [0.1, 0.15) is 17.7 Å². The van der Waals surface area contributed by atoms with Crippen molar-refractivity contribution in [1.82, 2.24) is 15.3 Å². The molecule has 2 fully saturated rings. The van der Waals surface area contributed by atoms with E-state index in [1.54, 1.807) is 20.8 Å². The first kappa shape index (κ1) is 16.5. The molecular weight excluding hydrogens is 290 g/mol. The third-order valence-corrected chi connectivity index (χ3v) is 3.68. The summed E-state index contributed by atoms with van der Waals surface area (Å²) in [6.45, 7) is 6.01. The number of hydrogen-bond donors (Lipinski definition) is 2. The Bertz CT molecular complexity index is 474. The standard InChI is InChI=1S/C14H23N3O5/c1-14(2,3)22-13(20)16-8-6-10(16)11(18)15-9-5-4-7-17(21)12(9)19/h9-10,21H,4-8H2,1-3H3,(H,15,18)/t9-,10-/m1/s1. The molecule has 0 aromatic carbocycles. The van der Waals surface area contributed by atoms with E-state index in [0.29, 0.717) is 30.9 Å². The first-order valence-electron chi connectivity index (χ1n) is 7.49. The van der Waals surface area contributed by atoms with Gasteiger partial charge < -0.3 is 10.1 Å². The Morgan fingerprint density at radius 1 is 1.27 bits per heavy atom. The van der Waals surface area contributed by atoms with Gasteiger partial charge >= 0.3 is 6.09 Å². The van der Waals surface area contributed by atoms with Crippen LogP contribution in [0.3, 0.4) is 0 Å². The summed E-state index contributed by atoms with van der Waals surface area (Å²) < 4.78 is 5.24. The Labute approximate surface area is 129 Å². The zero-order valence-electron chi connectivity index (χ0n) is 13.2. The highest BCUT2D eigenvalue weighted by molar-refractivity contribution is 5.92. The number of ether oxygens (including phenoxy) is 1. The van der Waals surface area contributed by atoms with Gasteiger partial charge in [0, 0.05) is 13.1 Å². The summed E-state index contributed by atoms with van der Waals surface area (Å²) in [5.41, 5.74) is -0.621. The van der Waals surface area contributed by atoms with Crippen molar-refractivity contribution in [3.63, 3.8) is 0 Å². The monoisotopic (exact) mass is 313 g/mol. The van der Waals surface area contributed by atoms with Crippen LogP contribution in [0, 0.1) is 0 Å². The predicted octanol–water partition coefficient (Wildman–Crippen LogP) is 0.492. The lowest BCUT2D eigenvalue weighted by atomic mass is 10.0. The molecule has 0 unspecified atom stereocenters. The fourth-order valence-electron chi connectivity index (χ4n) is 2.46. The maximum Gasteiger partial charge on any atom is 0.410 e. The second kappa shape index (κ2) is 6.12. The van der Waals surface area contributed by atoms with Gasteiger partial charge in [-0.25, -0.2) is 9.86 Å². The summed E-state index contributed by atoms with van der Waals surface area (Å²) in [4.78, 5) is 37.3. The van der Waals surface area contributed by atoms with Crippen LogP contribution in [0.2, 0.25) is 0 Å². The number of carbonyl (C=O) groups is 3. The van der Waals surface area contributed by atoms with Crippen LogP contribution in [0.5, 0.6) is 0 Å². The number of hydroxylamine groups is 2. The average molecular weight is 313 g/mol. The molecule has 0 aromatic rings. The van der Waals surface area contributed by atoms with Crippen LogP contribution in [-0.2, 0) is 14.3 Å². The first-order chi connectivity index (χ1) is 10.2. The molecule has 3 amide bonds. The highest BCUT2D eigenvalue weighted by Crippen LogP contribution is 2.22. The van der Waals surface area contributed by atoms with Crippen molar-refractivity contribution in [2.75, 3.05) is 13.1 Å². The number of amides is 3. The summed E-state index contributed by atoms with van der Waals surface area (Å²) in [6.07, 6.45) is 1.11. The van der Waals surface area contributed by atoms with E-state index in [9.17, 15) is 19.6 Å². The van der Waals surface area contributed by atoms with Crippen molar-refractivity contribution in [1.29, 1.82) is 0 Å². The third-order valence-electron chi connectivity index (χ3n) is 3.68. The molecule has 0 aromatic heterocycles. The fraction of sp³-hybridized carbons (Fsp3) is 0.786. The maximum atomic E-state index is 12.2. The number of rotatable bonds is 2. The van der Waals surface area contributed by atoms with E-state index in [-0.39, 0.29) is 12.5 Å². The van der Waals surface area contributed by atoms with Crippen LogP contribution < -0.4 is 5.32 Å². The van der Waals surface area contributed by atoms with Crippen molar-refractivity contribution >= 4 is 17.9 Å². The van der Waals surface area contributed by atoms with Crippen molar-refractivity contribution in [3.8, 4) is 0 Å². The molecule has 2 heterocycles. The summed E-state index contributed by atoms with van der Waals surface area (Å²) in [6, 6.07) is -1.34. The van der Waals surface area contributed by atoms with Crippen molar-refractivity contribution in [2.45, 2.75) is 57.7 Å². The van der Waals surface area contributed by atoms with Gasteiger partial charge in [-0.05, 0) is 40.0 Å². The van der Waals surface area contributed by atoms with E-state index in [2.05, 4.69) is 5.32 Å². The lowest BCUT2D eigenvalue weighted by Crippen LogP contribution is -2.62. The molecule has 0 spiro atoms. The first-order valence-corrected chi connectivity index (χ1v) is 7.49. The van der Waals surface area contributed by atoms with Crippen LogP contribution in [0.4, 0.5) is 4.79 Å². The lowest BCUT2D eigenvalue weighted by Gasteiger charge is -2.41. The van der Waals surface area contributed by atoms with Gasteiger partial charge in [0.2, 0.25) is 5.91 Å². The number of hydrogen-bond acceptors (Lipinski definition) is 5. The molecule has 2 aliphatic heterocycles.